The summed E-state index contributed by atoms with van der Waals surface area (Å²) >= 11 is 0. The van der Waals surface area contributed by atoms with Crippen LogP contribution in [0.15, 0.2) is 0 Å². The second kappa shape index (κ2) is 7.66. The first-order valence-electron chi connectivity index (χ1n) is 7.94. The molecule has 1 aliphatic heterocycles. The summed E-state index contributed by atoms with van der Waals surface area (Å²) in [7, 11) is 1.25. The van der Waals surface area contributed by atoms with E-state index in [1.807, 2.05) is 13.8 Å². The second-order valence-electron chi connectivity index (χ2n) is 7.08. The minimum absolute atomic E-state index is 0.124. The van der Waals surface area contributed by atoms with Gasteiger partial charge in [0.1, 0.15) is 17.7 Å². The van der Waals surface area contributed by atoms with Crippen LogP contribution in [-0.4, -0.2) is 54.2 Å². The zero-order valence-electron chi connectivity index (χ0n) is 14.8. The van der Waals surface area contributed by atoms with E-state index in [1.54, 1.807) is 20.8 Å². The minimum Gasteiger partial charge on any atom is -0.458 e. The Balaban J connectivity index is 2.86. The fourth-order valence-electron chi connectivity index (χ4n) is 2.52. The molecular formula is C16H28N2O5. The van der Waals surface area contributed by atoms with Crippen molar-refractivity contribution in [2.24, 2.45) is 5.92 Å². The molecule has 0 bridgehead atoms. The lowest BCUT2D eigenvalue weighted by Gasteiger charge is -2.31. The summed E-state index contributed by atoms with van der Waals surface area (Å²) < 4.78 is 9.97. The molecule has 0 unspecified atom stereocenters. The van der Waals surface area contributed by atoms with E-state index < -0.39 is 29.7 Å². The fourth-order valence-corrected chi connectivity index (χ4v) is 2.52. The first-order valence-corrected chi connectivity index (χ1v) is 7.94. The minimum atomic E-state index is -0.731. The summed E-state index contributed by atoms with van der Waals surface area (Å²) in [4.78, 5) is 38.0. The Bertz CT molecular complexity index is 456. The number of hydrogen-bond donors (Lipinski definition) is 1. The molecule has 132 valence electrons. The van der Waals surface area contributed by atoms with Gasteiger partial charge in [-0.2, -0.15) is 0 Å². The maximum atomic E-state index is 12.8. The van der Waals surface area contributed by atoms with Gasteiger partial charge in [0.15, 0.2) is 0 Å². The van der Waals surface area contributed by atoms with E-state index in [2.05, 4.69) is 10.1 Å². The van der Waals surface area contributed by atoms with Gasteiger partial charge in [-0.3, -0.25) is 4.79 Å². The predicted octanol–water partition coefficient (Wildman–Crippen LogP) is 1.70. The van der Waals surface area contributed by atoms with Crippen LogP contribution in [0, 0.1) is 5.92 Å². The summed E-state index contributed by atoms with van der Waals surface area (Å²) in [6, 6.07) is -1.33. The Morgan fingerprint density at radius 3 is 2.30 bits per heavy atom. The maximum Gasteiger partial charge on any atom is 0.407 e. The van der Waals surface area contributed by atoms with Crippen LogP contribution in [0.2, 0.25) is 0 Å². The Morgan fingerprint density at radius 2 is 1.83 bits per heavy atom. The molecule has 0 radical (unpaired) electrons. The highest BCUT2D eigenvalue weighted by Crippen LogP contribution is 2.23. The molecule has 0 aliphatic carbocycles. The average Bonchev–Trinajstić information content (AvgIpc) is 2.90. The van der Waals surface area contributed by atoms with Gasteiger partial charge >= 0.3 is 12.1 Å². The molecule has 1 fully saturated rings. The van der Waals surface area contributed by atoms with Gasteiger partial charge in [0.05, 0.1) is 7.11 Å². The topological polar surface area (TPSA) is 84.9 Å². The van der Waals surface area contributed by atoms with E-state index in [0.717, 1.165) is 6.42 Å². The highest BCUT2D eigenvalue weighted by molar-refractivity contribution is 5.90. The number of rotatable bonds is 4. The molecule has 0 saturated carbocycles. The van der Waals surface area contributed by atoms with Crippen molar-refractivity contribution >= 4 is 18.0 Å². The third-order valence-corrected chi connectivity index (χ3v) is 3.61. The van der Waals surface area contributed by atoms with Gasteiger partial charge in [0.25, 0.3) is 0 Å². The van der Waals surface area contributed by atoms with Crippen LogP contribution in [0.4, 0.5) is 4.79 Å². The van der Waals surface area contributed by atoms with Gasteiger partial charge in [0.2, 0.25) is 5.91 Å². The van der Waals surface area contributed by atoms with Gasteiger partial charge in [-0.25, -0.2) is 9.59 Å². The van der Waals surface area contributed by atoms with Crippen LogP contribution in [0.1, 0.15) is 47.5 Å². The first kappa shape index (κ1) is 19.3. The average molecular weight is 328 g/mol. The van der Waals surface area contributed by atoms with Crippen molar-refractivity contribution in [3.63, 3.8) is 0 Å². The van der Waals surface area contributed by atoms with Crippen LogP contribution >= 0.6 is 0 Å². The van der Waals surface area contributed by atoms with Gasteiger partial charge in [-0.05, 0) is 39.5 Å². The Morgan fingerprint density at radius 1 is 1.22 bits per heavy atom. The first-order chi connectivity index (χ1) is 10.6. The van der Waals surface area contributed by atoms with Crippen molar-refractivity contribution in [2.45, 2.75) is 65.1 Å². The summed E-state index contributed by atoms with van der Waals surface area (Å²) in [5.74, 6) is -0.802. The van der Waals surface area contributed by atoms with E-state index >= 15 is 0 Å². The predicted molar refractivity (Wildman–Crippen MR) is 84.7 cm³/mol. The molecule has 0 aromatic carbocycles. The van der Waals surface area contributed by atoms with E-state index in [9.17, 15) is 14.4 Å². The number of esters is 1. The SMILES string of the molecule is COC(=O)N[C@H](C(=O)N1CCC[C@H]1C(=O)OC(C)(C)C)C(C)C. The van der Waals surface area contributed by atoms with Crippen LogP contribution in [0.5, 0.6) is 0 Å². The molecule has 2 amide bonds. The molecule has 1 N–H and O–H groups in total. The van der Waals surface area contributed by atoms with E-state index in [-0.39, 0.29) is 11.8 Å². The largest absolute Gasteiger partial charge is 0.458 e. The van der Waals surface area contributed by atoms with Crippen molar-refractivity contribution < 1.29 is 23.9 Å². The lowest BCUT2D eigenvalue weighted by atomic mass is 10.0. The highest BCUT2D eigenvalue weighted by Gasteiger charge is 2.40. The van der Waals surface area contributed by atoms with Gasteiger partial charge in [-0.15, -0.1) is 0 Å². The molecule has 7 nitrogen and oxygen atoms in total. The van der Waals surface area contributed by atoms with Crippen molar-refractivity contribution in [1.82, 2.24) is 10.2 Å². The molecule has 1 aliphatic rings. The van der Waals surface area contributed by atoms with Crippen molar-refractivity contribution in [3.8, 4) is 0 Å². The van der Waals surface area contributed by atoms with Crippen molar-refractivity contribution in [3.05, 3.63) is 0 Å². The molecule has 23 heavy (non-hydrogen) atoms. The molecule has 1 heterocycles. The Hall–Kier alpha value is -1.79. The van der Waals surface area contributed by atoms with Gasteiger partial charge in [0, 0.05) is 6.54 Å². The van der Waals surface area contributed by atoms with E-state index in [1.165, 1.54) is 12.0 Å². The summed E-state index contributed by atoms with van der Waals surface area (Å²) in [6.45, 7) is 9.52. The second-order valence-corrected chi connectivity index (χ2v) is 7.08. The smallest absolute Gasteiger partial charge is 0.407 e. The zero-order valence-corrected chi connectivity index (χ0v) is 14.8. The van der Waals surface area contributed by atoms with Crippen LogP contribution in [0.3, 0.4) is 0 Å². The maximum absolute atomic E-state index is 12.8. The summed E-state index contributed by atoms with van der Waals surface area (Å²) in [5.41, 5.74) is -0.601. The molecule has 1 rings (SSSR count). The standard InChI is InChI=1S/C16H28N2O5/c1-10(2)12(17-15(21)22-6)13(19)18-9-7-8-11(18)14(20)23-16(3,4)5/h10-12H,7-9H2,1-6H3,(H,17,21)/t11-,12-/m0/s1. The molecule has 7 heteroatoms. The number of methoxy groups -OCH3 is 1. The van der Waals surface area contributed by atoms with E-state index in [0.29, 0.717) is 13.0 Å². The van der Waals surface area contributed by atoms with E-state index in [4.69, 9.17) is 4.74 Å². The Kier molecular flexibility index (Phi) is 6.41. The van der Waals surface area contributed by atoms with Gasteiger partial charge < -0.3 is 19.7 Å². The fraction of sp³-hybridized carbons (Fsp3) is 0.812. The summed E-state index contributed by atoms with van der Waals surface area (Å²) in [6.07, 6.45) is 0.646. The zero-order chi connectivity index (χ0) is 17.8. The number of ether oxygens (including phenoxy) is 2. The molecule has 0 aromatic rings. The number of amides is 2. The molecule has 2 atom stereocenters. The third kappa shape index (κ3) is 5.41. The van der Waals surface area contributed by atoms with Gasteiger partial charge in [-0.1, -0.05) is 13.8 Å². The number of likely N-dealkylation sites (tertiary alicyclic amines) is 1. The van der Waals surface area contributed by atoms with Crippen LogP contribution < -0.4 is 5.32 Å². The third-order valence-electron chi connectivity index (χ3n) is 3.61. The van der Waals surface area contributed by atoms with Crippen LogP contribution in [-0.2, 0) is 19.1 Å². The summed E-state index contributed by atoms with van der Waals surface area (Å²) in [5, 5.41) is 2.55. The number of alkyl carbamates (subject to hydrolysis) is 1. The normalized spacial score (nSPS) is 19.4. The number of nitrogens with zero attached hydrogens (tertiary/aromatic N) is 1. The lowest BCUT2D eigenvalue weighted by molar-refractivity contribution is -0.163. The van der Waals surface area contributed by atoms with Crippen molar-refractivity contribution in [1.29, 1.82) is 0 Å². The molecular weight excluding hydrogens is 300 g/mol. The monoisotopic (exact) mass is 328 g/mol. The number of carbonyl (C=O) groups is 3. The Labute approximate surface area is 137 Å². The van der Waals surface area contributed by atoms with Crippen molar-refractivity contribution in [2.75, 3.05) is 13.7 Å². The molecule has 0 aromatic heterocycles. The quantitative estimate of drug-likeness (QED) is 0.794. The lowest BCUT2D eigenvalue weighted by Crippen LogP contribution is -2.54. The van der Waals surface area contributed by atoms with Crippen LogP contribution in [0.25, 0.3) is 0 Å². The number of hydrogen-bond acceptors (Lipinski definition) is 5. The molecule has 0 spiro atoms. The number of nitrogens with one attached hydrogen (secondary N) is 1. The highest BCUT2D eigenvalue weighted by atomic mass is 16.6. The molecule has 1 saturated heterocycles. The number of carbonyl (C=O) groups excluding carboxylic acids is 3.